The third kappa shape index (κ3) is 8.08. The van der Waals surface area contributed by atoms with Crippen LogP contribution in [-0.2, 0) is 4.79 Å². The van der Waals surface area contributed by atoms with E-state index in [2.05, 4.69) is 10.3 Å². The second-order valence-corrected chi connectivity index (χ2v) is 10.5. The summed E-state index contributed by atoms with van der Waals surface area (Å²) < 4.78 is 39.0. The Morgan fingerprint density at radius 1 is 1.18 bits per heavy atom. The number of aryl methyl sites for hydroxylation is 1. The van der Waals surface area contributed by atoms with E-state index in [9.17, 15) is 22.8 Å². The smallest absolute Gasteiger partial charge is 0.390 e. The van der Waals surface area contributed by atoms with Crippen LogP contribution < -0.4 is 16.8 Å². The van der Waals surface area contributed by atoms with Crippen LogP contribution in [-0.4, -0.2) is 47.7 Å². The number of carbonyl (C=O) groups is 2. The summed E-state index contributed by atoms with van der Waals surface area (Å²) in [6.07, 6.45) is -4.86. The predicted octanol–water partition coefficient (Wildman–Crippen LogP) is 5.60. The number of nitrogens with one attached hydrogen (secondary N) is 2. The topological polar surface area (TPSA) is 138 Å². The first-order valence-corrected chi connectivity index (χ1v) is 12.9. The monoisotopic (exact) mass is 576 g/mol. The number of primary amides is 1. The summed E-state index contributed by atoms with van der Waals surface area (Å²) in [5.41, 5.74) is 14.2. The van der Waals surface area contributed by atoms with Crippen molar-refractivity contribution in [1.29, 1.82) is 5.41 Å². The molecule has 0 aliphatic heterocycles. The molecule has 214 valence electrons. The molecule has 2 aromatic carbocycles. The molecule has 1 saturated carbocycles. The standard InChI is InChI=1S/C28H32ClF3N6O2/c1-17-6-8-18(9-7-17)24(34)38(13-12-28(30,31)32)26(40)36-16-22(33)21-10-11-27(2,25(35)39)15-23(21)37-20-5-3-4-19(29)14-20/h3-9,14,34H,10-13,15-16,33H2,1-2H3,(H2,35,39)(H,36,40)/b22-21-,34-24?,37-23?. The van der Waals surface area contributed by atoms with Gasteiger partial charge in [0.25, 0.3) is 0 Å². The van der Waals surface area contributed by atoms with E-state index in [0.29, 0.717) is 40.4 Å². The molecule has 0 saturated heterocycles. The Kier molecular flexibility index (Phi) is 9.62. The fraction of sp³-hybridized carbons (Fsp3) is 0.357. The van der Waals surface area contributed by atoms with Gasteiger partial charge in [0.05, 0.1) is 24.1 Å². The lowest BCUT2D eigenvalue weighted by molar-refractivity contribution is -0.135. The molecule has 0 heterocycles. The van der Waals surface area contributed by atoms with E-state index in [1.165, 1.54) is 0 Å². The molecule has 1 fully saturated rings. The number of aliphatic imine (C=N–C) groups is 1. The highest BCUT2D eigenvalue weighted by Crippen LogP contribution is 2.38. The maximum Gasteiger partial charge on any atom is 0.390 e. The number of halogens is 4. The van der Waals surface area contributed by atoms with Gasteiger partial charge in [-0.15, -0.1) is 0 Å². The third-order valence-corrected chi connectivity index (χ3v) is 7.01. The molecule has 1 aliphatic rings. The number of alkyl halides is 3. The Morgan fingerprint density at radius 2 is 1.85 bits per heavy atom. The lowest BCUT2D eigenvalue weighted by Gasteiger charge is -2.33. The van der Waals surface area contributed by atoms with Gasteiger partial charge in [0.2, 0.25) is 5.91 Å². The van der Waals surface area contributed by atoms with Crippen LogP contribution in [0.3, 0.4) is 0 Å². The second kappa shape index (κ2) is 12.5. The quantitative estimate of drug-likeness (QED) is 0.252. The first-order valence-electron chi connectivity index (χ1n) is 12.6. The second-order valence-electron chi connectivity index (χ2n) is 10.0. The number of rotatable bonds is 7. The minimum atomic E-state index is -4.52. The zero-order valence-electron chi connectivity index (χ0n) is 22.2. The van der Waals surface area contributed by atoms with Gasteiger partial charge >= 0.3 is 12.2 Å². The average molecular weight is 577 g/mol. The van der Waals surface area contributed by atoms with Crippen molar-refractivity contribution in [2.75, 3.05) is 13.1 Å². The zero-order valence-corrected chi connectivity index (χ0v) is 23.0. The van der Waals surface area contributed by atoms with Crippen LogP contribution in [0.4, 0.5) is 23.7 Å². The highest BCUT2D eigenvalue weighted by Gasteiger charge is 2.38. The molecule has 40 heavy (non-hydrogen) atoms. The SMILES string of the molecule is Cc1ccc(C(=N)N(CCC(F)(F)F)C(=O)NC/C(N)=C2\CCC(C)(C(N)=O)CC2=Nc2cccc(Cl)c2)cc1. The van der Waals surface area contributed by atoms with Crippen LogP contribution in [0.25, 0.3) is 0 Å². The molecular weight excluding hydrogens is 545 g/mol. The van der Waals surface area contributed by atoms with Crippen LogP contribution in [0.15, 0.2) is 64.8 Å². The van der Waals surface area contributed by atoms with Crippen molar-refractivity contribution in [3.05, 3.63) is 76.0 Å². The van der Waals surface area contributed by atoms with Gasteiger partial charge < -0.3 is 16.8 Å². The molecule has 1 unspecified atom stereocenters. The Morgan fingerprint density at radius 3 is 2.45 bits per heavy atom. The summed E-state index contributed by atoms with van der Waals surface area (Å²) in [7, 11) is 0. The molecule has 0 spiro atoms. The molecule has 8 nitrogen and oxygen atoms in total. The number of urea groups is 1. The Labute approximate surface area is 235 Å². The summed E-state index contributed by atoms with van der Waals surface area (Å²) in [4.78, 5) is 30.6. The number of allylic oxidation sites excluding steroid dienone is 1. The lowest BCUT2D eigenvalue weighted by Crippen LogP contribution is -2.46. The van der Waals surface area contributed by atoms with Gasteiger partial charge in [-0.2, -0.15) is 13.2 Å². The Bertz CT molecular complexity index is 1340. The van der Waals surface area contributed by atoms with Gasteiger partial charge in [-0.05, 0) is 43.5 Å². The molecule has 1 aliphatic carbocycles. The highest BCUT2D eigenvalue weighted by atomic mass is 35.5. The van der Waals surface area contributed by atoms with Crippen LogP contribution in [0, 0.1) is 17.7 Å². The third-order valence-electron chi connectivity index (χ3n) is 6.78. The zero-order chi connectivity index (χ0) is 29.7. The Balaban J connectivity index is 1.86. The van der Waals surface area contributed by atoms with Crippen molar-refractivity contribution in [3.63, 3.8) is 0 Å². The van der Waals surface area contributed by atoms with E-state index >= 15 is 0 Å². The van der Waals surface area contributed by atoms with Crippen LogP contribution in [0.1, 0.15) is 43.7 Å². The van der Waals surface area contributed by atoms with E-state index in [0.717, 1.165) is 10.5 Å². The van der Waals surface area contributed by atoms with Crippen LogP contribution in [0.5, 0.6) is 0 Å². The average Bonchev–Trinajstić information content (AvgIpc) is 2.87. The molecule has 2 aromatic rings. The van der Waals surface area contributed by atoms with Crippen LogP contribution >= 0.6 is 11.6 Å². The molecule has 12 heteroatoms. The van der Waals surface area contributed by atoms with E-state index in [1.807, 2.05) is 6.92 Å². The summed E-state index contributed by atoms with van der Waals surface area (Å²) >= 11 is 6.09. The normalized spacial score (nSPS) is 19.7. The van der Waals surface area contributed by atoms with Crippen molar-refractivity contribution in [3.8, 4) is 0 Å². The van der Waals surface area contributed by atoms with Gasteiger partial charge in [0.15, 0.2) is 0 Å². The number of carbonyl (C=O) groups excluding carboxylic acids is 2. The van der Waals surface area contributed by atoms with E-state index in [1.54, 1.807) is 55.5 Å². The maximum atomic E-state index is 13.1. The van der Waals surface area contributed by atoms with Gasteiger partial charge in [-0.1, -0.05) is 54.4 Å². The van der Waals surface area contributed by atoms with Crippen molar-refractivity contribution >= 4 is 40.8 Å². The van der Waals surface area contributed by atoms with Gasteiger partial charge in [0, 0.05) is 35.0 Å². The van der Waals surface area contributed by atoms with Crippen molar-refractivity contribution in [2.45, 2.75) is 45.7 Å². The molecule has 0 aromatic heterocycles. The number of amidine groups is 1. The summed E-state index contributed by atoms with van der Waals surface area (Å²) in [5.74, 6) is -0.849. The largest absolute Gasteiger partial charge is 0.400 e. The summed E-state index contributed by atoms with van der Waals surface area (Å²) in [6.45, 7) is 2.63. The van der Waals surface area contributed by atoms with Crippen LogP contribution in [0.2, 0.25) is 5.02 Å². The first kappa shape index (κ1) is 30.7. The molecule has 3 amide bonds. The fourth-order valence-electron chi connectivity index (χ4n) is 4.27. The molecule has 1 atom stereocenters. The van der Waals surface area contributed by atoms with Crippen molar-refractivity contribution in [2.24, 2.45) is 21.9 Å². The number of amides is 3. The Hall–Kier alpha value is -3.86. The number of hydrogen-bond acceptors (Lipinski definition) is 5. The number of nitrogens with two attached hydrogens (primary N) is 2. The first-order chi connectivity index (χ1) is 18.7. The van der Waals surface area contributed by atoms with Crippen molar-refractivity contribution in [1.82, 2.24) is 10.2 Å². The van der Waals surface area contributed by atoms with Gasteiger partial charge in [-0.3, -0.25) is 20.1 Å². The minimum absolute atomic E-state index is 0.203. The van der Waals surface area contributed by atoms with Gasteiger partial charge in [-0.25, -0.2) is 4.79 Å². The molecule has 3 rings (SSSR count). The fourth-order valence-corrected chi connectivity index (χ4v) is 4.45. The number of hydrogen-bond donors (Lipinski definition) is 4. The molecule has 0 radical (unpaired) electrons. The minimum Gasteiger partial charge on any atom is -0.400 e. The molecule has 0 bridgehead atoms. The van der Waals surface area contributed by atoms with Gasteiger partial charge in [0.1, 0.15) is 5.84 Å². The maximum absolute atomic E-state index is 13.1. The molecule has 6 N–H and O–H groups in total. The lowest BCUT2D eigenvalue weighted by atomic mass is 9.72. The summed E-state index contributed by atoms with van der Waals surface area (Å²) in [5, 5.41) is 11.4. The number of nitrogens with zero attached hydrogens (tertiary/aromatic N) is 2. The van der Waals surface area contributed by atoms with E-state index in [-0.39, 0.29) is 24.5 Å². The van der Waals surface area contributed by atoms with E-state index < -0.39 is 36.5 Å². The molecular formula is C28H32ClF3N6O2. The van der Waals surface area contributed by atoms with Crippen molar-refractivity contribution < 1.29 is 22.8 Å². The summed E-state index contributed by atoms with van der Waals surface area (Å²) in [6, 6.07) is 12.4. The van der Waals surface area contributed by atoms with E-state index in [4.69, 9.17) is 28.5 Å². The number of benzene rings is 2. The predicted molar refractivity (Wildman–Crippen MR) is 150 cm³/mol. The highest BCUT2D eigenvalue weighted by molar-refractivity contribution is 6.30.